The van der Waals surface area contributed by atoms with Gasteiger partial charge in [-0.05, 0) is 24.6 Å². The Balaban J connectivity index is 2.52. The van der Waals surface area contributed by atoms with Gasteiger partial charge in [0.05, 0.1) is 12.6 Å². The second-order valence-electron chi connectivity index (χ2n) is 4.62. The van der Waals surface area contributed by atoms with E-state index in [4.69, 9.17) is 0 Å². The van der Waals surface area contributed by atoms with E-state index in [1.165, 1.54) is 10.5 Å². The summed E-state index contributed by atoms with van der Waals surface area (Å²) >= 11 is 0. The number of aryl methyl sites for hydroxylation is 1. The van der Waals surface area contributed by atoms with Crippen LogP contribution in [0.15, 0.2) is 24.3 Å². The summed E-state index contributed by atoms with van der Waals surface area (Å²) in [5, 5.41) is 9.94. The van der Waals surface area contributed by atoms with Crippen molar-refractivity contribution in [3.8, 4) is 0 Å². The summed E-state index contributed by atoms with van der Waals surface area (Å²) in [5.41, 5.74) is 2.00. The number of hydrogen-bond donors (Lipinski definition) is 1. The van der Waals surface area contributed by atoms with Crippen molar-refractivity contribution in [2.75, 3.05) is 20.1 Å². The van der Waals surface area contributed by atoms with Gasteiger partial charge in [-0.3, -0.25) is 4.90 Å². The standard InChI is InChI=1S/C14H21F2NO/c1-3-4-11-5-7-12(8-6-11)13(18)9-17(2)10-14(15)16/h5-8,13-14,18H,3-4,9-10H2,1-2H3. The molecule has 0 radical (unpaired) electrons. The van der Waals surface area contributed by atoms with Crippen molar-refractivity contribution >= 4 is 0 Å². The third kappa shape index (κ3) is 5.10. The molecule has 2 nitrogen and oxygen atoms in total. The van der Waals surface area contributed by atoms with Crippen molar-refractivity contribution in [2.45, 2.75) is 32.3 Å². The van der Waals surface area contributed by atoms with E-state index in [9.17, 15) is 13.9 Å². The lowest BCUT2D eigenvalue weighted by atomic mass is 10.0. The van der Waals surface area contributed by atoms with Crippen molar-refractivity contribution in [1.29, 1.82) is 0 Å². The summed E-state index contributed by atoms with van der Waals surface area (Å²) in [4.78, 5) is 1.44. The monoisotopic (exact) mass is 257 g/mol. The third-order valence-electron chi connectivity index (χ3n) is 2.84. The molecule has 0 spiro atoms. The van der Waals surface area contributed by atoms with Gasteiger partial charge in [-0.2, -0.15) is 0 Å². The Morgan fingerprint density at radius 3 is 2.28 bits per heavy atom. The molecular formula is C14H21F2NO. The second kappa shape index (κ2) is 7.44. The number of rotatable bonds is 7. The molecule has 0 saturated heterocycles. The number of aliphatic hydroxyl groups is 1. The SMILES string of the molecule is CCCc1ccc(C(O)CN(C)CC(F)F)cc1. The fourth-order valence-corrected chi connectivity index (χ4v) is 1.91. The van der Waals surface area contributed by atoms with Gasteiger partial charge in [0.2, 0.25) is 0 Å². The lowest BCUT2D eigenvalue weighted by Gasteiger charge is -2.20. The number of benzene rings is 1. The average Bonchev–Trinajstić information content (AvgIpc) is 2.29. The Bertz CT molecular complexity index is 340. The molecule has 0 bridgehead atoms. The van der Waals surface area contributed by atoms with E-state index < -0.39 is 12.5 Å². The normalized spacial score (nSPS) is 13.3. The van der Waals surface area contributed by atoms with Gasteiger partial charge < -0.3 is 5.11 Å². The number of hydrogen-bond acceptors (Lipinski definition) is 2. The molecular weight excluding hydrogens is 236 g/mol. The van der Waals surface area contributed by atoms with Crippen LogP contribution < -0.4 is 0 Å². The molecule has 0 aliphatic rings. The lowest BCUT2D eigenvalue weighted by molar-refractivity contribution is 0.0680. The minimum absolute atomic E-state index is 0.220. The molecule has 1 rings (SSSR count). The van der Waals surface area contributed by atoms with Gasteiger partial charge in [-0.25, -0.2) is 8.78 Å². The summed E-state index contributed by atoms with van der Waals surface area (Å²) in [6, 6.07) is 7.70. The third-order valence-corrected chi connectivity index (χ3v) is 2.84. The highest BCUT2D eigenvalue weighted by molar-refractivity contribution is 5.24. The smallest absolute Gasteiger partial charge is 0.251 e. The van der Waals surface area contributed by atoms with Crippen LogP contribution in [0.1, 0.15) is 30.6 Å². The van der Waals surface area contributed by atoms with Crippen molar-refractivity contribution < 1.29 is 13.9 Å². The predicted molar refractivity (Wildman–Crippen MR) is 68.9 cm³/mol. The molecule has 0 aliphatic carbocycles. The number of halogens is 2. The number of alkyl halides is 2. The molecule has 1 atom stereocenters. The molecule has 0 aliphatic heterocycles. The average molecular weight is 257 g/mol. The van der Waals surface area contributed by atoms with Crippen LogP contribution in [0, 0.1) is 0 Å². The fourth-order valence-electron chi connectivity index (χ4n) is 1.91. The van der Waals surface area contributed by atoms with Gasteiger partial charge in [-0.1, -0.05) is 37.6 Å². The van der Waals surface area contributed by atoms with E-state index in [0.717, 1.165) is 18.4 Å². The molecule has 1 N–H and O–H groups in total. The van der Waals surface area contributed by atoms with Crippen LogP contribution in [0.5, 0.6) is 0 Å². The summed E-state index contributed by atoms with van der Waals surface area (Å²) in [6.07, 6.45) is -0.987. The van der Waals surface area contributed by atoms with Gasteiger partial charge in [0, 0.05) is 6.54 Å². The highest BCUT2D eigenvalue weighted by Gasteiger charge is 2.13. The first-order chi connectivity index (χ1) is 8.52. The van der Waals surface area contributed by atoms with Gasteiger partial charge in [0.25, 0.3) is 6.43 Å². The predicted octanol–water partition coefficient (Wildman–Crippen LogP) is 2.87. The highest BCUT2D eigenvalue weighted by Crippen LogP contribution is 2.16. The zero-order chi connectivity index (χ0) is 13.5. The molecule has 1 aromatic rings. The Morgan fingerprint density at radius 1 is 1.17 bits per heavy atom. The zero-order valence-electron chi connectivity index (χ0n) is 10.9. The number of aliphatic hydroxyl groups excluding tert-OH is 1. The van der Waals surface area contributed by atoms with E-state index in [1.54, 1.807) is 7.05 Å². The Morgan fingerprint density at radius 2 is 1.78 bits per heavy atom. The number of likely N-dealkylation sites (N-methyl/N-ethyl adjacent to an activating group) is 1. The largest absolute Gasteiger partial charge is 0.387 e. The summed E-state index contributed by atoms with van der Waals surface area (Å²) in [5.74, 6) is 0. The van der Waals surface area contributed by atoms with Crippen LogP contribution >= 0.6 is 0 Å². The first-order valence-corrected chi connectivity index (χ1v) is 6.26. The molecule has 4 heteroatoms. The molecule has 0 amide bonds. The second-order valence-corrected chi connectivity index (χ2v) is 4.62. The quantitative estimate of drug-likeness (QED) is 0.812. The molecule has 0 aromatic heterocycles. The maximum Gasteiger partial charge on any atom is 0.251 e. The van der Waals surface area contributed by atoms with Crippen molar-refractivity contribution in [2.24, 2.45) is 0 Å². The van der Waals surface area contributed by atoms with E-state index in [-0.39, 0.29) is 13.1 Å². The minimum Gasteiger partial charge on any atom is -0.387 e. The van der Waals surface area contributed by atoms with Crippen molar-refractivity contribution in [1.82, 2.24) is 4.90 Å². The zero-order valence-corrected chi connectivity index (χ0v) is 10.9. The fraction of sp³-hybridized carbons (Fsp3) is 0.571. The van der Waals surface area contributed by atoms with Gasteiger partial charge in [-0.15, -0.1) is 0 Å². The first kappa shape index (κ1) is 15.1. The molecule has 102 valence electrons. The molecule has 1 aromatic carbocycles. The Hall–Kier alpha value is -1.00. The van der Waals surface area contributed by atoms with Crippen LogP contribution in [-0.2, 0) is 6.42 Å². The highest BCUT2D eigenvalue weighted by atomic mass is 19.3. The molecule has 0 fully saturated rings. The maximum absolute atomic E-state index is 12.2. The van der Waals surface area contributed by atoms with Crippen molar-refractivity contribution in [3.63, 3.8) is 0 Å². The van der Waals surface area contributed by atoms with Gasteiger partial charge in [0.1, 0.15) is 0 Å². The van der Waals surface area contributed by atoms with Gasteiger partial charge in [0.15, 0.2) is 0 Å². The van der Waals surface area contributed by atoms with Crippen LogP contribution in [0.2, 0.25) is 0 Å². The van der Waals surface area contributed by atoms with E-state index >= 15 is 0 Å². The van der Waals surface area contributed by atoms with Gasteiger partial charge >= 0.3 is 0 Å². The Kier molecular flexibility index (Phi) is 6.22. The number of nitrogens with zero attached hydrogens (tertiary/aromatic N) is 1. The molecule has 18 heavy (non-hydrogen) atoms. The van der Waals surface area contributed by atoms with Crippen LogP contribution in [0.3, 0.4) is 0 Å². The van der Waals surface area contributed by atoms with E-state index in [1.807, 2.05) is 24.3 Å². The van der Waals surface area contributed by atoms with Crippen LogP contribution in [0.25, 0.3) is 0 Å². The Labute approximate surface area is 107 Å². The summed E-state index contributed by atoms with van der Waals surface area (Å²) in [7, 11) is 1.58. The molecule has 0 heterocycles. The first-order valence-electron chi connectivity index (χ1n) is 6.26. The van der Waals surface area contributed by atoms with Crippen LogP contribution in [-0.4, -0.2) is 36.6 Å². The molecule has 1 unspecified atom stereocenters. The summed E-state index contributed by atoms with van der Waals surface area (Å²) < 4.78 is 24.3. The summed E-state index contributed by atoms with van der Waals surface area (Å²) in [6.45, 7) is 2.02. The molecule has 0 saturated carbocycles. The van der Waals surface area contributed by atoms with Crippen LogP contribution in [0.4, 0.5) is 8.78 Å². The van der Waals surface area contributed by atoms with E-state index in [0.29, 0.717) is 0 Å². The van der Waals surface area contributed by atoms with Crippen molar-refractivity contribution in [3.05, 3.63) is 35.4 Å². The minimum atomic E-state index is -2.37. The maximum atomic E-state index is 12.2. The van der Waals surface area contributed by atoms with E-state index in [2.05, 4.69) is 6.92 Å². The topological polar surface area (TPSA) is 23.5 Å². The lowest BCUT2D eigenvalue weighted by Crippen LogP contribution is -2.29.